The van der Waals surface area contributed by atoms with E-state index in [1.165, 1.54) is 78.3 Å². The Morgan fingerprint density at radius 1 is 0.234 bits per heavy atom. The van der Waals surface area contributed by atoms with Crippen LogP contribution in [0.1, 0.15) is 89.6 Å². The average molecular weight is 2740 g/mol. The van der Waals surface area contributed by atoms with E-state index in [1.54, 1.807) is 0 Å². The Morgan fingerprint density at radius 2 is 0.482 bits per heavy atom. The molecule has 23 aromatic rings. The summed E-state index contributed by atoms with van der Waals surface area (Å²) in [5.74, 6) is 5.28. The molecule has 25 heteroatoms. The Kier molecular flexibility index (Phi) is 33.0. The van der Waals surface area contributed by atoms with E-state index in [0.717, 1.165) is 146 Å². The predicted molar refractivity (Wildman–Crippen MR) is 548 cm³/mol. The molecule has 23 rings (SSSR count). The van der Waals surface area contributed by atoms with Crippen LogP contribution in [0.15, 0.2) is 324 Å². The van der Waals surface area contributed by atoms with Gasteiger partial charge < -0.3 is 45.7 Å². The monoisotopic (exact) mass is 2740 g/mol. The van der Waals surface area contributed by atoms with Gasteiger partial charge in [0.1, 0.15) is 0 Å². The first-order valence-corrected chi connectivity index (χ1v) is 45.6. The number of fused-ring (bicyclic) bond motifs is 5. The molecule has 717 valence electrons. The van der Waals surface area contributed by atoms with Crippen molar-refractivity contribution in [1.82, 2.24) is 95.5 Å². The smallest absolute Gasteiger partial charge is 0.0833 e. The third-order valence-electron chi connectivity index (χ3n) is 25.1. The van der Waals surface area contributed by atoms with E-state index in [-0.39, 0.29) is 101 Å². The molecule has 0 N–H and O–H groups in total. The minimum absolute atomic E-state index is 0. The summed E-state index contributed by atoms with van der Waals surface area (Å²) in [6.07, 6.45) is 28.5. The van der Waals surface area contributed by atoms with Crippen LogP contribution in [0.3, 0.4) is 0 Å². The van der Waals surface area contributed by atoms with E-state index in [4.69, 9.17) is 4.98 Å². The van der Waals surface area contributed by atoms with E-state index in [9.17, 15) is 0 Å². The van der Waals surface area contributed by atoms with Gasteiger partial charge in [-0.15, -0.1) is 119 Å². The quantitative estimate of drug-likeness (QED) is 0.0897. The molecule has 0 saturated carbocycles. The number of aromatic nitrogens is 20. The van der Waals surface area contributed by atoms with Crippen molar-refractivity contribution >= 4 is 55.2 Å². The van der Waals surface area contributed by atoms with Crippen molar-refractivity contribution in [3.05, 3.63) is 405 Å². The van der Waals surface area contributed by atoms with Crippen molar-refractivity contribution < 1.29 is 101 Å². The molecule has 0 atom stereocenters. The van der Waals surface area contributed by atoms with Gasteiger partial charge in [0, 0.05) is 259 Å². The number of aryl methyl sites for hydroxylation is 12. The summed E-state index contributed by atoms with van der Waals surface area (Å²) < 4.78 is 20.9. The zero-order chi connectivity index (χ0) is 94.1. The topological polar surface area (TPSA) is 178 Å². The van der Waals surface area contributed by atoms with E-state index in [1.807, 2.05) is 194 Å². The molecule has 0 saturated heterocycles. The van der Waals surface area contributed by atoms with Crippen LogP contribution in [0.5, 0.6) is 0 Å². The summed E-state index contributed by atoms with van der Waals surface area (Å²) in [6.45, 7) is 24.0. The Balaban J connectivity index is 0.000000140. The van der Waals surface area contributed by atoms with Crippen molar-refractivity contribution in [3.8, 4) is 119 Å². The van der Waals surface area contributed by atoms with Gasteiger partial charge >= 0.3 is 0 Å². The van der Waals surface area contributed by atoms with Gasteiger partial charge in [-0.3, -0.25) is 49.8 Å². The van der Waals surface area contributed by atoms with Gasteiger partial charge in [-0.05, 0) is 167 Å². The molecular weight excluding hydrogens is 2630 g/mol. The largest absolute Gasteiger partial charge is 0.352 e. The van der Waals surface area contributed by atoms with Crippen molar-refractivity contribution in [2.45, 2.75) is 88.0 Å². The number of benzene rings is 13. The zero-order valence-corrected chi connectivity index (χ0v) is 92.8. The van der Waals surface area contributed by atoms with Crippen molar-refractivity contribution in [3.63, 3.8) is 0 Å². The van der Waals surface area contributed by atoms with E-state index < -0.39 is 0 Å². The second kappa shape index (κ2) is 45.0. The zero-order valence-electron chi connectivity index (χ0n) is 80.9. The van der Waals surface area contributed by atoms with Crippen LogP contribution < -0.4 is 0 Å². The summed E-state index contributed by atoms with van der Waals surface area (Å²) in [5.41, 5.74) is 39.1. The minimum Gasteiger partial charge on any atom is -0.352 e. The van der Waals surface area contributed by atoms with Crippen LogP contribution in [0.25, 0.3) is 174 Å². The third-order valence-corrected chi connectivity index (χ3v) is 25.1. The fourth-order valence-electron chi connectivity index (χ4n) is 18.6. The van der Waals surface area contributed by atoms with Gasteiger partial charge in [0.2, 0.25) is 0 Å². The number of nitrogens with zero attached hydrogens (tertiary/aromatic N) is 20. The van der Waals surface area contributed by atoms with Crippen LogP contribution in [-0.2, 0) is 136 Å². The van der Waals surface area contributed by atoms with Gasteiger partial charge in [-0.25, -0.2) is 0 Å². The fourth-order valence-corrected chi connectivity index (χ4v) is 18.6. The second-order valence-electron chi connectivity index (χ2n) is 35.3. The molecule has 0 unspecified atom stereocenters. The van der Waals surface area contributed by atoms with Crippen LogP contribution >= 0.6 is 0 Å². The SMILES string of the molecule is CC(C)c1cccc(C(C)C)c1-n1ccnc1-c1[c-]cc2ncn(C)c2c1.Cc1cc(-c2ccccc2)cc(C)c1-n1ccnc1-c1[c-]cc2ncn(C)c2c1.Cc1cc(C)c(-n2ccnc2-c2[c-]cc3ncn(C)c3c2)c(C)c1.Cc1cccc(C)c1-n1ccnc1-c1[c-]cc2ncn(C)c2c1.Cn1cnc2c[c-]c(-c3nccn3-c3c(-c4ccccc4)cccc3-c3ccccc3)cc21.[Ir].[Ir].[Ir].[Ir].[Ir]. The summed E-state index contributed by atoms with van der Waals surface area (Å²) in [6, 6.07) is 96.8. The molecule has 0 aliphatic carbocycles. The number of hydrogen-bond donors (Lipinski definition) is 0. The Morgan fingerprint density at radius 3 is 0.773 bits per heavy atom. The van der Waals surface area contributed by atoms with E-state index in [2.05, 4.69) is 362 Å². The Labute approximate surface area is 889 Å². The minimum atomic E-state index is 0. The van der Waals surface area contributed by atoms with Crippen LogP contribution in [0.2, 0.25) is 0 Å². The molecule has 0 aliphatic heterocycles. The predicted octanol–water partition coefficient (Wildman–Crippen LogP) is 25.5. The summed E-state index contributed by atoms with van der Waals surface area (Å²) in [4.78, 5) is 45.2. The fraction of sp³-hybridized carbons (Fsp3) is 0.155. The molecule has 5 radical (unpaired) electrons. The normalized spacial score (nSPS) is 11.0. The molecule has 0 fully saturated rings. The van der Waals surface area contributed by atoms with Crippen molar-refractivity contribution in [2.24, 2.45) is 35.2 Å². The Hall–Kier alpha value is -13.5. The van der Waals surface area contributed by atoms with E-state index >= 15 is 0 Å². The summed E-state index contributed by atoms with van der Waals surface area (Å²) >= 11 is 0. The van der Waals surface area contributed by atoms with Gasteiger partial charge in [-0.2, -0.15) is 0 Å². The molecule has 0 amide bonds. The van der Waals surface area contributed by atoms with Crippen molar-refractivity contribution in [2.75, 3.05) is 0 Å². The van der Waals surface area contributed by atoms with Crippen LogP contribution in [-0.4, -0.2) is 95.5 Å². The number of rotatable bonds is 15. The molecule has 10 heterocycles. The first kappa shape index (κ1) is 103. The molecule has 141 heavy (non-hydrogen) atoms. The van der Waals surface area contributed by atoms with Gasteiger partial charge in [0.25, 0.3) is 0 Å². The molecule has 10 aromatic heterocycles. The van der Waals surface area contributed by atoms with Gasteiger partial charge in [0.15, 0.2) is 0 Å². The average Bonchev–Trinajstić information content (AvgIpc) is 1.73. The summed E-state index contributed by atoms with van der Waals surface area (Å²) in [5, 5.41) is 0. The maximum Gasteiger partial charge on any atom is 0.0833 e. The molecular formula is C116H103Ir5N20-5. The molecule has 0 spiro atoms. The number of hydrogen-bond acceptors (Lipinski definition) is 10. The third kappa shape index (κ3) is 21.1. The van der Waals surface area contributed by atoms with E-state index in [0.29, 0.717) is 11.8 Å². The molecule has 0 bridgehead atoms. The molecule has 20 nitrogen and oxygen atoms in total. The standard InChI is InChI=1S/C29H21N4.C25H21N4.C23H25N4.C20H19N4.C19H17N4.5Ir/c1-32-20-31-26-16-15-23(19-27(26)32)29-30-17-18-33(29)28-24(21-9-4-2-5-10-21)13-8-14-25(28)22-11-6-3-7-12-22;1-17-13-21(19-7-5-4-6-8-19)14-18(2)24(17)29-12-11-26-25(29)20-9-10-22-23(15-20)28(3)16-27-22;1-15(2)18-7-6-8-19(16(3)4)22(18)27-12-11-24-23(27)17-9-10-20-21(13-17)26(5)14-25-20;1-13-9-14(2)19(15(3)10-13)24-8-7-21-20(24)16-5-6-17-18(11-16)23(4)12-22-17;1-13-5-4-6-14(2)18(13)23-10-9-20-19(23)15-7-8-16-17(11-15)22(3)12-21-16;;;;;/h2-14,16-20H,1H3;4-8,10-16H,1-3H3;6-8,10-16H,1-5H3;6-12H,1-4H3;4-6,8-12H,1-3H3;;;;;/q5*-1;;;;;. The van der Waals surface area contributed by atoms with Gasteiger partial charge in [0.05, 0.1) is 66.4 Å². The molecule has 0 aliphatic rings. The van der Waals surface area contributed by atoms with Crippen molar-refractivity contribution in [1.29, 1.82) is 0 Å². The first-order chi connectivity index (χ1) is 66.1. The maximum atomic E-state index is 4.76. The Bertz CT molecular complexity index is 8150. The first-order valence-electron chi connectivity index (χ1n) is 45.6. The van der Waals surface area contributed by atoms with Crippen LogP contribution in [0.4, 0.5) is 0 Å². The number of para-hydroxylation sites is 3. The van der Waals surface area contributed by atoms with Crippen LogP contribution in [0, 0.1) is 78.8 Å². The maximum absolute atomic E-state index is 4.76. The number of imidazole rings is 10. The summed E-state index contributed by atoms with van der Waals surface area (Å²) in [7, 11) is 10.0. The van der Waals surface area contributed by atoms with Gasteiger partial charge in [-0.1, -0.05) is 191 Å². The molecule has 13 aromatic carbocycles. The second-order valence-corrected chi connectivity index (χ2v) is 35.3.